The van der Waals surface area contributed by atoms with Crippen LogP contribution in [0.3, 0.4) is 0 Å². The van der Waals surface area contributed by atoms with E-state index in [9.17, 15) is 4.79 Å². The Bertz CT molecular complexity index is 1120. The standard InChI is InChI=1S/C27H30N2O4/c1-31-21-11-7-8-18(14-21)15-23-22-17-25(33-3)24(32-2)16-20(22)12-13-29(23)26(27(28)30)19-9-5-4-6-10-19/h4-11,14,16-17,23,26H,12-13,15H2,1-3H3,(H2,28,30). The molecule has 172 valence electrons. The molecule has 0 aromatic heterocycles. The van der Waals surface area contributed by atoms with Gasteiger partial charge in [0.2, 0.25) is 5.91 Å². The lowest BCUT2D eigenvalue weighted by Crippen LogP contribution is -2.44. The summed E-state index contributed by atoms with van der Waals surface area (Å²) in [4.78, 5) is 15.0. The van der Waals surface area contributed by atoms with Gasteiger partial charge in [-0.15, -0.1) is 0 Å². The molecule has 0 bridgehead atoms. The van der Waals surface area contributed by atoms with Crippen LogP contribution >= 0.6 is 0 Å². The van der Waals surface area contributed by atoms with Crippen LogP contribution in [0.15, 0.2) is 66.7 Å². The maximum absolute atomic E-state index is 12.7. The van der Waals surface area contributed by atoms with Gasteiger partial charge in [0.25, 0.3) is 0 Å². The molecule has 1 aliphatic heterocycles. The molecule has 0 saturated carbocycles. The Balaban J connectivity index is 1.83. The van der Waals surface area contributed by atoms with Crippen LogP contribution in [0.1, 0.15) is 34.3 Å². The van der Waals surface area contributed by atoms with Crippen LogP contribution in [0.5, 0.6) is 17.2 Å². The third-order valence-corrected chi connectivity index (χ3v) is 6.32. The molecule has 1 aliphatic rings. The predicted molar refractivity (Wildman–Crippen MR) is 128 cm³/mol. The van der Waals surface area contributed by atoms with Crippen molar-refractivity contribution < 1.29 is 19.0 Å². The highest BCUT2D eigenvalue weighted by Crippen LogP contribution is 2.42. The number of benzene rings is 3. The maximum atomic E-state index is 12.7. The molecule has 33 heavy (non-hydrogen) atoms. The second-order valence-electron chi connectivity index (χ2n) is 8.18. The van der Waals surface area contributed by atoms with Gasteiger partial charge in [0, 0.05) is 12.6 Å². The normalized spacial score (nSPS) is 16.5. The first-order valence-corrected chi connectivity index (χ1v) is 11.0. The Morgan fingerprint density at radius 1 is 0.970 bits per heavy atom. The first-order valence-electron chi connectivity index (χ1n) is 11.0. The third kappa shape index (κ3) is 4.66. The van der Waals surface area contributed by atoms with E-state index in [0.29, 0.717) is 24.5 Å². The van der Waals surface area contributed by atoms with Crippen molar-refractivity contribution in [2.24, 2.45) is 5.73 Å². The monoisotopic (exact) mass is 446 g/mol. The molecule has 6 nitrogen and oxygen atoms in total. The summed E-state index contributed by atoms with van der Waals surface area (Å²) in [6.45, 7) is 0.694. The van der Waals surface area contributed by atoms with Crippen LogP contribution in [0, 0.1) is 0 Å². The first-order chi connectivity index (χ1) is 16.0. The number of hydrogen-bond donors (Lipinski definition) is 1. The molecule has 0 saturated heterocycles. The third-order valence-electron chi connectivity index (χ3n) is 6.32. The van der Waals surface area contributed by atoms with Gasteiger partial charge in [0.05, 0.1) is 21.3 Å². The molecule has 2 unspecified atom stereocenters. The highest BCUT2D eigenvalue weighted by molar-refractivity contribution is 5.81. The van der Waals surface area contributed by atoms with Crippen molar-refractivity contribution in [3.05, 3.63) is 89.0 Å². The number of nitrogens with two attached hydrogens (primary N) is 1. The average molecular weight is 447 g/mol. The minimum Gasteiger partial charge on any atom is -0.497 e. The summed E-state index contributed by atoms with van der Waals surface area (Å²) in [6.07, 6.45) is 1.47. The van der Waals surface area contributed by atoms with Crippen molar-refractivity contribution in [3.8, 4) is 17.2 Å². The fourth-order valence-electron chi connectivity index (χ4n) is 4.76. The Morgan fingerprint density at radius 3 is 2.36 bits per heavy atom. The number of carbonyl (C=O) groups excluding carboxylic acids is 1. The quantitative estimate of drug-likeness (QED) is 0.564. The Hall–Kier alpha value is -3.51. The smallest absolute Gasteiger partial charge is 0.239 e. The van der Waals surface area contributed by atoms with Crippen molar-refractivity contribution >= 4 is 5.91 Å². The average Bonchev–Trinajstić information content (AvgIpc) is 2.85. The summed E-state index contributed by atoms with van der Waals surface area (Å²) >= 11 is 0. The number of methoxy groups -OCH3 is 3. The SMILES string of the molecule is COc1cccc(CC2c3cc(OC)c(OC)cc3CCN2C(C(N)=O)c2ccccc2)c1. The lowest BCUT2D eigenvalue weighted by molar-refractivity contribution is -0.124. The van der Waals surface area contributed by atoms with E-state index in [1.807, 2.05) is 60.7 Å². The van der Waals surface area contributed by atoms with Crippen molar-refractivity contribution in [1.29, 1.82) is 0 Å². The lowest BCUT2D eigenvalue weighted by Gasteiger charge is -2.41. The maximum Gasteiger partial charge on any atom is 0.239 e. The van der Waals surface area contributed by atoms with Crippen LogP contribution in [0.25, 0.3) is 0 Å². The highest BCUT2D eigenvalue weighted by Gasteiger charge is 2.36. The van der Waals surface area contributed by atoms with Crippen LogP contribution in [-0.2, 0) is 17.6 Å². The highest BCUT2D eigenvalue weighted by atomic mass is 16.5. The van der Waals surface area contributed by atoms with E-state index < -0.39 is 6.04 Å². The number of fused-ring (bicyclic) bond motifs is 1. The van der Waals surface area contributed by atoms with Gasteiger partial charge in [-0.05, 0) is 59.4 Å². The number of carbonyl (C=O) groups is 1. The molecule has 1 heterocycles. The van der Waals surface area contributed by atoms with E-state index in [1.165, 1.54) is 5.56 Å². The summed E-state index contributed by atoms with van der Waals surface area (Å²) in [5, 5.41) is 0. The second kappa shape index (κ2) is 9.96. The zero-order chi connectivity index (χ0) is 23.4. The zero-order valence-corrected chi connectivity index (χ0v) is 19.3. The van der Waals surface area contributed by atoms with Gasteiger partial charge in [0.15, 0.2) is 11.5 Å². The topological polar surface area (TPSA) is 74.0 Å². The first kappa shape index (κ1) is 22.7. The molecular formula is C27H30N2O4. The lowest BCUT2D eigenvalue weighted by atomic mass is 9.86. The Labute approximate surface area is 194 Å². The summed E-state index contributed by atoms with van der Waals surface area (Å²) < 4.78 is 16.6. The molecule has 3 aromatic carbocycles. The molecule has 4 rings (SSSR count). The van der Waals surface area contributed by atoms with Gasteiger partial charge < -0.3 is 19.9 Å². The minimum atomic E-state index is -0.539. The molecule has 0 fully saturated rings. The number of rotatable bonds is 8. The molecule has 6 heteroatoms. The molecule has 0 aliphatic carbocycles. The summed E-state index contributed by atoms with van der Waals surface area (Å²) in [5.74, 6) is 1.82. The van der Waals surface area contributed by atoms with Gasteiger partial charge in [-0.3, -0.25) is 9.69 Å². The van der Waals surface area contributed by atoms with E-state index >= 15 is 0 Å². The van der Waals surface area contributed by atoms with E-state index in [0.717, 1.165) is 28.9 Å². The summed E-state index contributed by atoms with van der Waals surface area (Å²) in [7, 11) is 4.95. The van der Waals surface area contributed by atoms with Crippen molar-refractivity contribution in [2.75, 3.05) is 27.9 Å². The van der Waals surface area contributed by atoms with Crippen molar-refractivity contribution in [1.82, 2.24) is 4.90 Å². The van der Waals surface area contributed by atoms with Crippen LogP contribution in [0.2, 0.25) is 0 Å². The predicted octanol–water partition coefficient (Wildman–Crippen LogP) is 4.08. The molecule has 0 radical (unpaired) electrons. The Kier molecular flexibility index (Phi) is 6.84. The zero-order valence-electron chi connectivity index (χ0n) is 19.3. The van der Waals surface area contributed by atoms with Crippen LogP contribution in [0.4, 0.5) is 0 Å². The summed E-state index contributed by atoms with van der Waals surface area (Å²) in [5.41, 5.74) is 10.3. The molecule has 2 atom stereocenters. The van der Waals surface area contributed by atoms with Crippen molar-refractivity contribution in [2.45, 2.75) is 24.9 Å². The summed E-state index contributed by atoms with van der Waals surface area (Å²) in [6, 6.07) is 21.2. The Morgan fingerprint density at radius 2 is 1.70 bits per heavy atom. The van der Waals surface area contributed by atoms with Gasteiger partial charge in [0.1, 0.15) is 11.8 Å². The molecule has 1 amide bonds. The number of nitrogens with zero attached hydrogens (tertiary/aromatic N) is 1. The van der Waals surface area contributed by atoms with Gasteiger partial charge in [-0.1, -0.05) is 42.5 Å². The number of hydrogen-bond acceptors (Lipinski definition) is 5. The number of ether oxygens (including phenoxy) is 3. The molecule has 3 aromatic rings. The molecule has 0 spiro atoms. The van der Waals surface area contributed by atoms with Crippen molar-refractivity contribution in [3.63, 3.8) is 0 Å². The largest absolute Gasteiger partial charge is 0.497 e. The van der Waals surface area contributed by atoms with Gasteiger partial charge in [-0.25, -0.2) is 0 Å². The molecular weight excluding hydrogens is 416 g/mol. The number of amides is 1. The van der Waals surface area contributed by atoms with Gasteiger partial charge in [-0.2, -0.15) is 0 Å². The van der Waals surface area contributed by atoms with E-state index in [-0.39, 0.29) is 11.9 Å². The minimum absolute atomic E-state index is 0.0848. The van der Waals surface area contributed by atoms with Crippen LogP contribution < -0.4 is 19.9 Å². The van der Waals surface area contributed by atoms with Gasteiger partial charge >= 0.3 is 0 Å². The fourth-order valence-corrected chi connectivity index (χ4v) is 4.76. The van der Waals surface area contributed by atoms with Crippen LogP contribution in [-0.4, -0.2) is 38.7 Å². The second-order valence-corrected chi connectivity index (χ2v) is 8.18. The molecule has 2 N–H and O–H groups in total. The van der Waals surface area contributed by atoms with E-state index in [4.69, 9.17) is 19.9 Å². The van der Waals surface area contributed by atoms with E-state index in [1.54, 1.807) is 21.3 Å². The van der Waals surface area contributed by atoms with E-state index in [2.05, 4.69) is 11.0 Å². The number of primary amides is 1. The fraction of sp³-hybridized carbons (Fsp3) is 0.296.